The number of rotatable bonds is 3. The molecule has 2 aromatic carbocycles. The normalized spacial score (nSPS) is 13.2. The van der Waals surface area contributed by atoms with Gasteiger partial charge < -0.3 is 4.90 Å². The van der Waals surface area contributed by atoms with E-state index in [4.69, 9.17) is 5.26 Å². The molecule has 1 aliphatic rings. The summed E-state index contributed by atoms with van der Waals surface area (Å²) in [6, 6.07) is 16.4. The number of nitrogens with zero attached hydrogens (tertiary/aromatic N) is 3. The summed E-state index contributed by atoms with van der Waals surface area (Å²) in [5.74, 6) is 0.773. The van der Waals surface area contributed by atoms with Crippen LogP contribution in [-0.4, -0.2) is 17.3 Å². The van der Waals surface area contributed by atoms with Gasteiger partial charge in [-0.05, 0) is 35.4 Å². The second-order valence-electron chi connectivity index (χ2n) is 6.12. The molecule has 0 N–H and O–H groups in total. The molecule has 0 amide bonds. The Hall–Kier alpha value is -2.84. The Kier molecular flexibility index (Phi) is 4.59. The van der Waals surface area contributed by atoms with E-state index in [0.717, 1.165) is 41.2 Å². The zero-order valence-corrected chi connectivity index (χ0v) is 14.8. The first-order valence-electron chi connectivity index (χ1n) is 8.35. The van der Waals surface area contributed by atoms with Crippen molar-refractivity contribution in [1.29, 1.82) is 5.26 Å². The van der Waals surface area contributed by atoms with Crippen LogP contribution in [0.1, 0.15) is 11.1 Å². The summed E-state index contributed by atoms with van der Waals surface area (Å²) in [5, 5.41) is 8.99. The van der Waals surface area contributed by atoms with Gasteiger partial charge in [0.05, 0.1) is 23.5 Å². The van der Waals surface area contributed by atoms with Gasteiger partial charge in [-0.3, -0.25) is 4.98 Å². The highest BCUT2D eigenvalue weighted by molar-refractivity contribution is 7.99. The average Bonchev–Trinajstić information content (AvgIpc) is 2.70. The first-order chi connectivity index (χ1) is 12.7. The van der Waals surface area contributed by atoms with E-state index in [2.05, 4.69) is 16.0 Å². The van der Waals surface area contributed by atoms with E-state index in [1.165, 1.54) is 17.0 Å². The molecular formula is C21H16FN3S. The van der Waals surface area contributed by atoms with Crippen molar-refractivity contribution < 1.29 is 4.39 Å². The van der Waals surface area contributed by atoms with E-state index >= 15 is 0 Å². The molecule has 0 spiro atoms. The molecule has 4 rings (SSSR count). The average molecular weight is 361 g/mol. The molecule has 0 fully saturated rings. The second kappa shape index (κ2) is 7.19. The molecule has 1 aliphatic heterocycles. The van der Waals surface area contributed by atoms with Crippen molar-refractivity contribution in [3.8, 4) is 17.2 Å². The molecular weight excluding hydrogens is 345 g/mol. The maximum Gasteiger partial charge on any atom is 0.123 e. The van der Waals surface area contributed by atoms with Crippen LogP contribution in [0.5, 0.6) is 0 Å². The summed E-state index contributed by atoms with van der Waals surface area (Å²) in [4.78, 5) is 7.94. The maximum absolute atomic E-state index is 13.2. The molecule has 0 saturated heterocycles. The number of hydrogen-bond acceptors (Lipinski definition) is 4. The van der Waals surface area contributed by atoms with E-state index in [1.54, 1.807) is 0 Å². The summed E-state index contributed by atoms with van der Waals surface area (Å²) in [6.45, 7) is 1.65. The predicted molar refractivity (Wildman–Crippen MR) is 103 cm³/mol. The molecule has 5 heteroatoms. The molecule has 1 aromatic heterocycles. The largest absolute Gasteiger partial charge is 0.364 e. The number of aromatic nitrogens is 1. The molecule has 0 bridgehead atoms. The Morgan fingerprint density at radius 1 is 1.08 bits per heavy atom. The maximum atomic E-state index is 13.2. The number of benzene rings is 2. The van der Waals surface area contributed by atoms with Crippen LogP contribution in [-0.2, 0) is 6.54 Å². The Labute approximate surface area is 156 Å². The fourth-order valence-corrected chi connectivity index (χ4v) is 4.27. The summed E-state index contributed by atoms with van der Waals surface area (Å²) < 4.78 is 13.2. The quantitative estimate of drug-likeness (QED) is 0.667. The van der Waals surface area contributed by atoms with Gasteiger partial charge in [0, 0.05) is 35.5 Å². The van der Waals surface area contributed by atoms with Crippen molar-refractivity contribution >= 4 is 17.4 Å². The van der Waals surface area contributed by atoms with Crippen LogP contribution >= 0.6 is 11.8 Å². The second-order valence-corrected chi connectivity index (χ2v) is 7.23. The third-order valence-corrected chi connectivity index (χ3v) is 5.54. The van der Waals surface area contributed by atoms with E-state index in [9.17, 15) is 4.39 Å². The highest BCUT2D eigenvalue weighted by atomic mass is 32.2. The lowest BCUT2D eigenvalue weighted by Gasteiger charge is -2.31. The summed E-state index contributed by atoms with van der Waals surface area (Å²) in [6.07, 6.45) is 3.78. The molecule has 3 nitrogen and oxygen atoms in total. The highest BCUT2D eigenvalue weighted by Gasteiger charge is 2.21. The molecule has 0 unspecified atom stereocenters. The van der Waals surface area contributed by atoms with Gasteiger partial charge in [-0.1, -0.05) is 24.3 Å². The lowest BCUT2D eigenvalue weighted by molar-refractivity contribution is 0.626. The van der Waals surface area contributed by atoms with Gasteiger partial charge in [0.15, 0.2) is 0 Å². The molecule has 0 aliphatic carbocycles. The monoisotopic (exact) mass is 361 g/mol. The number of pyridine rings is 1. The number of hydrogen-bond donors (Lipinski definition) is 0. The molecule has 3 aromatic rings. The first-order valence-corrected chi connectivity index (χ1v) is 9.34. The Morgan fingerprint density at radius 3 is 2.58 bits per heavy atom. The van der Waals surface area contributed by atoms with Crippen LogP contribution in [0.15, 0.2) is 65.8 Å². The number of fused-ring (bicyclic) bond motifs is 1. The number of thioether (sulfide) groups is 1. The van der Waals surface area contributed by atoms with E-state index in [-0.39, 0.29) is 5.82 Å². The lowest BCUT2D eigenvalue weighted by atomic mass is 10.0. The lowest BCUT2D eigenvalue weighted by Crippen LogP contribution is -2.29. The fraction of sp³-hybridized carbons (Fsp3) is 0.143. The zero-order chi connectivity index (χ0) is 17.9. The molecule has 2 heterocycles. The Bertz CT molecular complexity index is 962. The van der Waals surface area contributed by atoms with Gasteiger partial charge in [-0.2, -0.15) is 5.26 Å². The minimum atomic E-state index is -0.215. The number of nitriles is 1. The zero-order valence-electron chi connectivity index (χ0n) is 14.0. The molecule has 128 valence electrons. The number of halogens is 1. The van der Waals surface area contributed by atoms with Crippen LogP contribution in [0.3, 0.4) is 0 Å². The molecule has 0 atom stereocenters. The van der Waals surface area contributed by atoms with Gasteiger partial charge >= 0.3 is 0 Å². The highest BCUT2D eigenvalue weighted by Crippen LogP contribution is 2.41. The molecule has 0 radical (unpaired) electrons. The van der Waals surface area contributed by atoms with Gasteiger partial charge in [-0.15, -0.1) is 11.8 Å². The van der Waals surface area contributed by atoms with Crippen LogP contribution < -0.4 is 4.90 Å². The van der Waals surface area contributed by atoms with Gasteiger partial charge in [0.2, 0.25) is 0 Å². The summed E-state index contributed by atoms with van der Waals surface area (Å²) >= 11 is 1.83. The van der Waals surface area contributed by atoms with Crippen molar-refractivity contribution in [3.63, 3.8) is 0 Å². The van der Waals surface area contributed by atoms with Gasteiger partial charge in [-0.25, -0.2) is 4.39 Å². The van der Waals surface area contributed by atoms with Crippen LogP contribution in [0.4, 0.5) is 10.1 Å². The van der Waals surface area contributed by atoms with Crippen molar-refractivity contribution in [1.82, 2.24) is 4.98 Å². The summed E-state index contributed by atoms with van der Waals surface area (Å²) in [5.41, 5.74) is 4.97. The van der Waals surface area contributed by atoms with Crippen LogP contribution in [0.25, 0.3) is 11.1 Å². The van der Waals surface area contributed by atoms with E-state index in [1.807, 2.05) is 60.6 Å². The van der Waals surface area contributed by atoms with Crippen molar-refractivity contribution in [2.75, 3.05) is 17.2 Å². The minimum Gasteiger partial charge on any atom is -0.364 e. The van der Waals surface area contributed by atoms with Gasteiger partial charge in [0.25, 0.3) is 0 Å². The van der Waals surface area contributed by atoms with Crippen LogP contribution in [0.2, 0.25) is 0 Å². The van der Waals surface area contributed by atoms with Gasteiger partial charge in [0.1, 0.15) is 5.82 Å². The van der Waals surface area contributed by atoms with Crippen molar-refractivity contribution in [2.45, 2.75) is 11.4 Å². The molecule has 0 saturated carbocycles. The summed E-state index contributed by atoms with van der Waals surface area (Å²) in [7, 11) is 0. The third kappa shape index (κ3) is 3.29. The number of anilines is 1. The van der Waals surface area contributed by atoms with Crippen molar-refractivity contribution in [3.05, 3.63) is 77.9 Å². The Morgan fingerprint density at radius 2 is 1.85 bits per heavy atom. The SMILES string of the molecule is N#Cc1ccc(-c2cncc3c2SCCN3Cc2ccc(F)cc2)cc1. The first kappa shape index (κ1) is 16.6. The predicted octanol–water partition coefficient (Wildman–Crippen LogP) is 4.87. The van der Waals surface area contributed by atoms with E-state index in [0.29, 0.717) is 5.56 Å². The Balaban J connectivity index is 1.68. The molecule has 26 heavy (non-hydrogen) atoms. The minimum absolute atomic E-state index is 0.215. The van der Waals surface area contributed by atoms with Crippen molar-refractivity contribution in [2.24, 2.45) is 0 Å². The van der Waals surface area contributed by atoms with E-state index < -0.39 is 0 Å². The van der Waals surface area contributed by atoms with Crippen LogP contribution in [0, 0.1) is 17.1 Å². The fourth-order valence-electron chi connectivity index (χ4n) is 3.10. The standard InChI is InChI=1S/C21H16FN3S/c22-18-7-3-16(4-8-18)14-25-9-10-26-21-19(12-24-13-20(21)25)17-5-1-15(11-23)2-6-17/h1-8,12-13H,9-10,14H2. The topological polar surface area (TPSA) is 39.9 Å². The smallest absolute Gasteiger partial charge is 0.123 e. The third-order valence-electron chi connectivity index (χ3n) is 4.44.